The van der Waals surface area contributed by atoms with Crippen molar-refractivity contribution < 1.29 is 14.5 Å². The van der Waals surface area contributed by atoms with Gasteiger partial charge in [-0.15, -0.1) is 0 Å². The Hall–Kier alpha value is -2.74. The molecule has 1 N–H and O–H groups in total. The lowest BCUT2D eigenvalue weighted by atomic mass is 10.2. The number of nitrogens with one attached hydrogen (secondary N) is 1. The largest absolute Gasteiger partial charge is 0.496 e. The quantitative estimate of drug-likeness (QED) is 0.521. The third-order valence-corrected chi connectivity index (χ3v) is 3.47. The van der Waals surface area contributed by atoms with E-state index in [1.807, 2.05) is 0 Å². The topological polar surface area (TPSA) is 93.8 Å². The van der Waals surface area contributed by atoms with Crippen molar-refractivity contribution in [3.8, 4) is 5.75 Å². The summed E-state index contributed by atoms with van der Waals surface area (Å²) in [6, 6.07) is 9.68. The molecule has 0 bridgehead atoms. The number of methoxy groups -OCH3 is 1. The van der Waals surface area contributed by atoms with Crippen LogP contribution in [-0.4, -0.2) is 24.2 Å². The maximum absolute atomic E-state index is 11.9. The Morgan fingerprint density at radius 1 is 1.38 bits per heavy atom. The van der Waals surface area contributed by atoms with Gasteiger partial charge in [-0.3, -0.25) is 14.9 Å². The van der Waals surface area contributed by atoms with Gasteiger partial charge in [0.05, 0.1) is 28.7 Å². The van der Waals surface area contributed by atoms with Gasteiger partial charge in [0, 0.05) is 6.07 Å². The van der Waals surface area contributed by atoms with Crippen molar-refractivity contribution in [1.82, 2.24) is 5.43 Å². The number of hydrogen-bond donors (Lipinski definition) is 1. The molecule has 0 radical (unpaired) electrons. The molecule has 0 aliphatic heterocycles. The molecule has 8 heteroatoms. The first kappa shape index (κ1) is 14.7. The molecular formula is C13H11N3O4S. The zero-order valence-corrected chi connectivity index (χ0v) is 11.8. The van der Waals surface area contributed by atoms with Crippen LogP contribution >= 0.6 is 11.3 Å². The Bertz CT molecular complexity index is 696. The van der Waals surface area contributed by atoms with Crippen molar-refractivity contribution in [3.63, 3.8) is 0 Å². The molecule has 0 aliphatic carbocycles. The predicted octanol–water partition coefficient (Wildman–Crippen LogP) is 2.43. The fraction of sp³-hybridized carbons (Fsp3) is 0.0769. The molecule has 1 heterocycles. The number of carbonyl (C=O) groups excluding carboxylic acids is 1. The summed E-state index contributed by atoms with van der Waals surface area (Å²) < 4.78 is 5.08. The zero-order chi connectivity index (χ0) is 15.2. The number of benzene rings is 1. The molecule has 1 aromatic heterocycles. The summed E-state index contributed by atoms with van der Waals surface area (Å²) >= 11 is 0.972. The number of para-hydroxylation sites is 1. The second-order valence-corrected chi connectivity index (χ2v) is 4.93. The van der Waals surface area contributed by atoms with E-state index < -0.39 is 10.8 Å². The van der Waals surface area contributed by atoms with Crippen LogP contribution in [0.5, 0.6) is 5.75 Å². The van der Waals surface area contributed by atoms with Gasteiger partial charge in [0.25, 0.3) is 5.91 Å². The standard InChI is InChI=1S/C13H11N3O4S/c1-20-11-5-3-2-4-10(11)13(17)15-14-8-9-6-7-12(21-9)16(18)19/h2-8H,1H3,(H,15,17)/b14-8+. The smallest absolute Gasteiger partial charge is 0.324 e. The molecule has 0 spiro atoms. The fourth-order valence-electron chi connectivity index (χ4n) is 1.56. The number of rotatable bonds is 5. The van der Waals surface area contributed by atoms with Crippen LogP contribution in [0.1, 0.15) is 15.2 Å². The maximum atomic E-state index is 11.9. The van der Waals surface area contributed by atoms with Gasteiger partial charge in [0.1, 0.15) is 5.75 Å². The molecule has 7 nitrogen and oxygen atoms in total. The van der Waals surface area contributed by atoms with Crippen molar-refractivity contribution in [3.05, 3.63) is 57.0 Å². The minimum absolute atomic E-state index is 0.0208. The number of hydrogen-bond acceptors (Lipinski definition) is 6. The van der Waals surface area contributed by atoms with Gasteiger partial charge < -0.3 is 4.74 Å². The molecule has 1 amide bonds. The van der Waals surface area contributed by atoms with E-state index in [1.54, 1.807) is 30.3 Å². The van der Waals surface area contributed by atoms with Crippen LogP contribution in [0.2, 0.25) is 0 Å². The lowest BCUT2D eigenvalue weighted by molar-refractivity contribution is -0.380. The Balaban J connectivity index is 2.03. The molecule has 1 aromatic carbocycles. The van der Waals surface area contributed by atoms with E-state index in [-0.39, 0.29) is 5.00 Å². The van der Waals surface area contributed by atoms with Gasteiger partial charge in [-0.1, -0.05) is 23.5 Å². The molecular weight excluding hydrogens is 294 g/mol. The van der Waals surface area contributed by atoms with E-state index in [2.05, 4.69) is 10.5 Å². The second-order valence-electron chi connectivity index (χ2n) is 3.83. The van der Waals surface area contributed by atoms with Gasteiger partial charge in [-0.2, -0.15) is 5.10 Å². The summed E-state index contributed by atoms with van der Waals surface area (Å²) in [5, 5.41) is 14.3. The van der Waals surface area contributed by atoms with E-state index in [0.717, 1.165) is 11.3 Å². The SMILES string of the molecule is COc1ccccc1C(=O)N/N=C/c1ccc([N+](=O)[O-])s1. The molecule has 0 saturated heterocycles. The third-order valence-electron chi connectivity index (χ3n) is 2.50. The van der Waals surface area contributed by atoms with Gasteiger partial charge in [0.15, 0.2) is 0 Å². The van der Waals surface area contributed by atoms with E-state index in [1.165, 1.54) is 19.4 Å². The predicted molar refractivity (Wildman–Crippen MR) is 79.0 cm³/mol. The molecule has 0 unspecified atom stereocenters. The number of hydrazone groups is 1. The number of amides is 1. The molecule has 0 fully saturated rings. The number of nitro groups is 1. The molecule has 2 rings (SSSR count). The normalized spacial score (nSPS) is 10.5. The lowest BCUT2D eigenvalue weighted by Gasteiger charge is -2.05. The summed E-state index contributed by atoms with van der Waals surface area (Å²) in [5.74, 6) is 0.0201. The monoisotopic (exact) mass is 305 g/mol. The highest BCUT2D eigenvalue weighted by Crippen LogP contribution is 2.22. The Morgan fingerprint density at radius 3 is 2.81 bits per heavy atom. The van der Waals surface area contributed by atoms with Gasteiger partial charge in [-0.05, 0) is 18.2 Å². The zero-order valence-electron chi connectivity index (χ0n) is 11.0. The van der Waals surface area contributed by atoms with Gasteiger partial charge >= 0.3 is 5.00 Å². The van der Waals surface area contributed by atoms with Crippen molar-refractivity contribution in [1.29, 1.82) is 0 Å². The van der Waals surface area contributed by atoms with Crippen molar-refractivity contribution in [2.45, 2.75) is 0 Å². The summed E-state index contributed by atoms with van der Waals surface area (Å²) in [4.78, 5) is 22.6. The minimum atomic E-state index is -0.477. The van der Waals surface area contributed by atoms with Crippen LogP contribution in [0.4, 0.5) is 5.00 Å². The highest BCUT2D eigenvalue weighted by atomic mass is 32.1. The number of ether oxygens (including phenoxy) is 1. The van der Waals surface area contributed by atoms with E-state index in [9.17, 15) is 14.9 Å². The first-order valence-electron chi connectivity index (χ1n) is 5.82. The number of thiophene rings is 1. The van der Waals surface area contributed by atoms with Crippen LogP contribution in [0, 0.1) is 10.1 Å². The minimum Gasteiger partial charge on any atom is -0.496 e. The molecule has 2 aromatic rings. The average Bonchev–Trinajstić information content (AvgIpc) is 2.96. The van der Waals surface area contributed by atoms with Crippen molar-refractivity contribution >= 4 is 28.5 Å². The van der Waals surface area contributed by atoms with Crippen molar-refractivity contribution in [2.75, 3.05) is 7.11 Å². The van der Waals surface area contributed by atoms with Crippen LogP contribution in [0.3, 0.4) is 0 Å². The molecule has 0 aliphatic rings. The van der Waals surface area contributed by atoms with E-state index >= 15 is 0 Å². The summed E-state index contributed by atoms with van der Waals surface area (Å²) in [7, 11) is 1.47. The summed E-state index contributed by atoms with van der Waals surface area (Å²) in [5.41, 5.74) is 2.70. The highest BCUT2D eigenvalue weighted by molar-refractivity contribution is 7.16. The molecule has 21 heavy (non-hydrogen) atoms. The van der Waals surface area contributed by atoms with Crippen LogP contribution in [-0.2, 0) is 0 Å². The first-order chi connectivity index (χ1) is 10.1. The van der Waals surface area contributed by atoms with Crippen LogP contribution in [0.15, 0.2) is 41.5 Å². The number of nitrogens with zero attached hydrogens (tertiary/aromatic N) is 2. The molecule has 108 valence electrons. The fourth-order valence-corrected chi connectivity index (χ4v) is 2.25. The van der Waals surface area contributed by atoms with E-state index in [4.69, 9.17) is 4.74 Å². The Labute approximate surface area is 124 Å². The summed E-state index contributed by atoms with van der Waals surface area (Å²) in [6.45, 7) is 0. The Kier molecular flexibility index (Phi) is 4.62. The second kappa shape index (κ2) is 6.62. The first-order valence-corrected chi connectivity index (χ1v) is 6.64. The van der Waals surface area contributed by atoms with Crippen LogP contribution in [0.25, 0.3) is 0 Å². The third kappa shape index (κ3) is 3.63. The molecule has 0 saturated carbocycles. The van der Waals surface area contributed by atoms with Crippen LogP contribution < -0.4 is 10.2 Å². The van der Waals surface area contributed by atoms with Crippen molar-refractivity contribution in [2.24, 2.45) is 5.10 Å². The molecule has 0 atom stereocenters. The Morgan fingerprint density at radius 2 is 2.14 bits per heavy atom. The van der Waals surface area contributed by atoms with E-state index in [0.29, 0.717) is 16.2 Å². The van der Waals surface area contributed by atoms with Gasteiger partial charge in [-0.25, -0.2) is 5.43 Å². The number of carbonyl (C=O) groups is 1. The maximum Gasteiger partial charge on any atom is 0.324 e. The van der Waals surface area contributed by atoms with Gasteiger partial charge in [0.2, 0.25) is 0 Å². The lowest BCUT2D eigenvalue weighted by Crippen LogP contribution is -2.18. The average molecular weight is 305 g/mol. The highest BCUT2D eigenvalue weighted by Gasteiger charge is 2.11. The summed E-state index contributed by atoms with van der Waals surface area (Å²) in [6.07, 6.45) is 1.35.